The number of nitriles is 1. The molecule has 1 amide bonds. The highest BCUT2D eigenvalue weighted by atomic mass is 32.1. The van der Waals surface area contributed by atoms with Gasteiger partial charge in [-0.05, 0) is 48.7 Å². The smallest absolute Gasteiger partial charge is 0.247 e. The molecule has 0 saturated carbocycles. The molecule has 0 radical (unpaired) electrons. The Balaban J connectivity index is 1.50. The predicted octanol–water partition coefficient (Wildman–Crippen LogP) is 4.58. The molecule has 1 fully saturated rings. The summed E-state index contributed by atoms with van der Waals surface area (Å²) in [6.45, 7) is 0.681. The second-order valence-corrected chi connectivity index (χ2v) is 7.96. The van der Waals surface area contributed by atoms with Gasteiger partial charge in [0.25, 0.3) is 0 Å². The van der Waals surface area contributed by atoms with Crippen LogP contribution in [-0.2, 0) is 4.79 Å². The summed E-state index contributed by atoms with van der Waals surface area (Å²) >= 11 is 1.66. The number of rotatable bonds is 6. The molecule has 1 aromatic heterocycles. The molecule has 0 N–H and O–H groups in total. The second-order valence-electron chi connectivity index (χ2n) is 6.90. The van der Waals surface area contributed by atoms with Crippen molar-refractivity contribution in [1.29, 1.82) is 5.26 Å². The van der Waals surface area contributed by atoms with Gasteiger partial charge in [0.1, 0.15) is 11.1 Å². The number of carbonyl (C=O) groups is 1. The molecule has 1 atom stereocenters. The number of para-hydroxylation sites is 1. The minimum atomic E-state index is -0.0495. The fourth-order valence-corrected chi connectivity index (χ4v) is 4.72. The first-order valence-corrected chi connectivity index (χ1v) is 10.5. The largest absolute Gasteiger partial charge is 0.493 e. The monoisotopic (exact) mass is 419 g/mol. The fraction of sp³-hybridized carbons (Fsp3) is 0.261. The van der Waals surface area contributed by atoms with Gasteiger partial charge in [0, 0.05) is 12.6 Å². The maximum atomic E-state index is 12.9. The Morgan fingerprint density at radius 2 is 2.20 bits per heavy atom. The molecule has 1 aliphatic heterocycles. The second kappa shape index (κ2) is 8.97. The van der Waals surface area contributed by atoms with E-state index in [2.05, 4.69) is 6.07 Å². The van der Waals surface area contributed by atoms with Gasteiger partial charge < -0.3 is 14.4 Å². The molecule has 2 aromatic carbocycles. The number of hydrogen-bond acceptors (Lipinski definition) is 6. The van der Waals surface area contributed by atoms with Crippen molar-refractivity contribution in [1.82, 2.24) is 9.88 Å². The molecule has 6 nitrogen and oxygen atoms in total. The highest BCUT2D eigenvalue weighted by Gasteiger charge is 2.31. The van der Waals surface area contributed by atoms with Crippen LogP contribution in [0.1, 0.15) is 29.5 Å². The number of nitrogens with zero attached hydrogens (tertiary/aromatic N) is 3. The number of likely N-dealkylation sites (tertiary alicyclic amines) is 1. The Hall–Kier alpha value is -3.37. The van der Waals surface area contributed by atoms with Crippen LogP contribution in [0.15, 0.2) is 48.5 Å². The Bertz CT molecular complexity index is 1100. The van der Waals surface area contributed by atoms with Crippen LogP contribution in [0.25, 0.3) is 16.3 Å². The lowest BCUT2D eigenvalue weighted by Crippen LogP contribution is -2.28. The number of benzene rings is 2. The van der Waals surface area contributed by atoms with Gasteiger partial charge in [0.05, 0.1) is 23.4 Å². The Kier molecular flexibility index (Phi) is 5.96. The molecule has 7 heteroatoms. The van der Waals surface area contributed by atoms with Crippen LogP contribution in [0.3, 0.4) is 0 Å². The van der Waals surface area contributed by atoms with E-state index in [0.717, 1.165) is 40.2 Å². The van der Waals surface area contributed by atoms with E-state index in [1.165, 1.54) is 0 Å². The number of amides is 1. The summed E-state index contributed by atoms with van der Waals surface area (Å²) in [5.41, 5.74) is 1.80. The standard InChI is InChI=1S/C23H21N3O3S/c1-28-20-15-16(8-10-19(20)29-14-12-24)9-11-22(27)26-13-4-6-18(26)23-25-17-5-2-3-7-21(17)30-23/h2-3,5,7-11,15,18H,4,6,13-14H2,1H3/b11-9+. The molecule has 2 heterocycles. The van der Waals surface area contributed by atoms with Crippen molar-refractivity contribution in [3.05, 3.63) is 59.1 Å². The third-order valence-corrected chi connectivity index (χ3v) is 6.17. The molecule has 0 bridgehead atoms. The van der Waals surface area contributed by atoms with Crippen LogP contribution in [0.2, 0.25) is 0 Å². The summed E-state index contributed by atoms with van der Waals surface area (Å²) < 4.78 is 11.8. The lowest BCUT2D eigenvalue weighted by atomic mass is 10.1. The highest BCUT2D eigenvalue weighted by Crippen LogP contribution is 2.36. The van der Waals surface area contributed by atoms with Crippen molar-refractivity contribution >= 4 is 33.5 Å². The summed E-state index contributed by atoms with van der Waals surface area (Å²) in [5.74, 6) is 0.992. The van der Waals surface area contributed by atoms with E-state index >= 15 is 0 Å². The summed E-state index contributed by atoms with van der Waals surface area (Å²) in [5, 5.41) is 9.66. The average molecular weight is 420 g/mol. The van der Waals surface area contributed by atoms with Gasteiger partial charge in [-0.25, -0.2) is 4.98 Å². The van der Waals surface area contributed by atoms with E-state index in [1.54, 1.807) is 42.7 Å². The highest BCUT2D eigenvalue weighted by molar-refractivity contribution is 7.18. The zero-order valence-electron chi connectivity index (χ0n) is 16.6. The number of thiazole rings is 1. The first-order valence-electron chi connectivity index (χ1n) is 9.71. The SMILES string of the molecule is COc1cc(/C=C/C(=O)N2CCCC2c2nc3ccccc3s2)ccc1OCC#N. The van der Waals surface area contributed by atoms with Gasteiger partial charge in [-0.3, -0.25) is 4.79 Å². The van der Waals surface area contributed by atoms with Crippen LogP contribution in [0, 0.1) is 11.3 Å². The van der Waals surface area contributed by atoms with Crippen LogP contribution in [0.5, 0.6) is 11.5 Å². The molecule has 1 saturated heterocycles. The number of carbonyl (C=O) groups excluding carboxylic acids is 1. The molecule has 152 valence electrons. The summed E-state index contributed by atoms with van der Waals surface area (Å²) in [6, 6.07) is 15.4. The van der Waals surface area contributed by atoms with Crippen molar-refractivity contribution in [3.8, 4) is 17.6 Å². The van der Waals surface area contributed by atoms with Gasteiger partial charge in [-0.1, -0.05) is 18.2 Å². The Morgan fingerprint density at radius 1 is 1.33 bits per heavy atom. The fourth-order valence-electron chi connectivity index (χ4n) is 3.60. The van der Waals surface area contributed by atoms with Gasteiger partial charge in [0.2, 0.25) is 5.91 Å². The first kappa shape index (κ1) is 19.9. The van der Waals surface area contributed by atoms with Gasteiger partial charge in [-0.2, -0.15) is 5.26 Å². The number of hydrogen-bond donors (Lipinski definition) is 0. The van der Waals surface area contributed by atoms with E-state index in [-0.39, 0.29) is 18.6 Å². The van der Waals surface area contributed by atoms with Crippen molar-refractivity contribution in [2.24, 2.45) is 0 Å². The predicted molar refractivity (Wildman–Crippen MR) is 116 cm³/mol. The van der Waals surface area contributed by atoms with Crippen molar-refractivity contribution in [2.45, 2.75) is 18.9 Å². The third kappa shape index (κ3) is 4.14. The van der Waals surface area contributed by atoms with E-state index in [4.69, 9.17) is 19.7 Å². The maximum Gasteiger partial charge on any atom is 0.247 e. The van der Waals surface area contributed by atoms with Crippen molar-refractivity contribution < 1.29 is 14.3 Å². The van der Waals surface area contributed by atoms with Crippen molar-refractivity contribution in [3.63, 3.8) is 0 Å². The molecule has 3 aromatic rings. The van der Waals surface area contributed by atoms with Crippen LogP contribution in [0.4, 0.5) is 0 Å². The maximum absolute atomic E-state index is 12.9. The molecule has 0 aliphatic carbocycles. The zero-order chi connectivity index (χ0) is 20.9. The van der Waals surface area contributed by atoms with Crippen LogP contribution >= 0.6 is 11.3 Å². The van der Waals surface area contributed by atoms with E-state index in [9.17, 15) is 4.79 Å². The Labute approximate surface area is 179 Å². The van der Waals surface area contributed by atoms with Crippen molar-refractivity contribution in [2.75, 3.05) is 20.3 Å². The quantitative estimate of drug-likeness (QED) is 0.547. The summed E-state index contributed by atoms with van der Waals surface area (Å²) in [4.78, 5) is 19.6. The van der Waals surface area contributed by atoms with Gasteiger partial charge >= 0.3 is 0 Å². The molecular weight excluding hydrogens is 398 g/mol. The molecule has 1 unspecified atom stereocenters. The van der Waals surface area contributed by atoms with E-state index in [0.29, 0.717) is 11.5 Å². The first-order chi connectivity index (χ1) is 14.7. The van der Waals surface area contributed by atoms with E-state index < -0.39 is 0 Å². The van der Waals surface area contributed by atoms with Gasteiger partial charge in [0.15, 0.2) is 18.1 Å². The minimum absolute atomic E-state index is 0.0239. The normalized spacial score (nSPS) is 16.1. The Morgan fingerprint density at radius 3 is 3.00 bits per heavy atom. The van der Waals surface area contributed by atoms with Crippen LogP contribution < -0.4 is 9.47 Å². The molecule has 4 rings (SSSR count). The topological polar surface area (TPSA) is 75.4 Å². The number of aromatic nitrogens is 1. The van der Waals surface area contributed by atoms with Gasteiger partial charge in [-0.15, -0.1) is 11.3 Å². The molecule has 30 heavy (non-hydrogen) atoms. The molecular formula is C23H21N3O3S. The lowest BCUT2D eigenvalue weighted by molar-refractivity contribution is -0.126. The third-order valence-electron chi connectivity index (χ3n) is 5.03. The number of ether oxygens (including phenoxy) is 2. The van der Waals surface area contributed by atoms with E-state index in [1.807, 2.05) is 35.2 Å². The number of fused-ring (bicyclic) bond motifs is 1. The summed E-state index contributed by atoms with van der Waals surface area (Å²) in [7, 11) is 1.54. The lowest BCUT2D eigenvalue weighted by Gasteiger charge is -2.21. The minimum Gasteiger partial charge on any atom is -0.493 e. The average Bonchev–Trinajstić information content (AvgIpc) is 3.43. The summed E-state index contributed by atoms with van der Waals surface area (Å²) in [6.07, 6.45) is 5.26. The zero-order valence-corrected chi connectivity index (χ0v) is 17.4. The number of methoxy groups -OCH3 is 1. The molecule has 0 spiro atoms. The van der Waals surface area contributed by atoms with Crippen LogP contribution in [-0.4, -0.2) is 36.1 Å². The molecule has 1 aliphatic rings.